The van der Waals surface area contributed by atoms with Gasteiger partial charge in [-0.2, -0.15) is 0 Å². The van der Waals surface area contributed by atoms with Crippen LogP contribution in [0.1, 0.15) is 91.8 Å². The fourth-order valence-electron chi connectivity index (χ4n) is 6.49. The van der Waals surface area contributed by atoms with Crippen molar-refractivity contribution in [3.8, 4) is 33.4 Å². The summed E-state index contributed by atoms with van der Waals surface area (Å²) in [6, 6.07) is 31.1. The minimum absolute atomic E-state index is 0.0372. The molecule has 0 saturated carbocycles. The van der Waals surface area contributed by atoms with E-state index in [2.05, 4.69) is 147 Å². The minimum atomic E-state index is -0.0517. The largest absolute Gasteiger partial charge is 0.312 e. The molecule has 0 bridgehead atoms. The first-order valence-corrected chi connectivity index (χ1v) is 15.5. The quantitative estimate of drug-likeness (QED) is 0.244. The second-order valence-electron chi connectivity index (χ2n) is 15.0. The number of benzene rings is 4. The molecule has 1 amide bonds. The molecule has 42 heavy (non-hydrogen) atoms. The van der Waals surface area contributed by atoms with E-state index in [-0.39, 0.29) is 22.2 Å². The first kappa shape index (κ1) is 29.8. The van der Waals surface area contributed by atoms with Crippen molar-refractivity contribution in [3.05, 3.63) is 102 Å². The van der Waals surface area contributed by atoms with Gasteiger partial charge in [-0.15, -0.1) is 0 Å². The van der Waals surface area contributed by atoms with E-state index >= 15 is 0 Å². The average molecular weight is 558 g/mol. The summed E-state index contributed by atoms with van der Waals surface area (Å²) in [6.45, 7) is 21.3. The van der Waals surface area contributed by atoms with E-state index in [9.17, 15) is 4.79 Å². The maximum Gasteiger partial charge on any atom is 0.227 e. The van der Waals surface area contributed by atoms with Crippen molar-refractivity contribution in [1.29, 1.82) is 0 Å². The van der Waals surface area contributed by atoms with Crippen LogP contribution in [0, 0.1) is 0 Å². The van der Waals surface area contributed by atoms with Crippen LogP contribution in [0.4, 0.5) is 5.69 Å². The SMILES string of the molecule is CC(C)(C)c1ccccc1-c1cc(-c2ccccc2C(C)(C)C)c(N2CCCC2=O)cc1-c1ccccc1C(C)(C)C. The standard InChI is InChI=1S/C40H47NO/c1-38(2,3)33-20-13-10-17-27(33)30-25-32(29-19-12-15-22-35(29)40(7,8)9)36(41-24-16-23-37(41)42)26-31(30)28-18-11-14-21-34(28)39(4,5)6/h10-15,17-22,25-26H,16,23-24H2,1-9H3. The van der Waals surface area contributed by atoms with Crippen molar-refractivity contribution in [2.45, 2.75) is 91.4 Å². The van der Waals surface area contributed by atoms with Crippen molar-refractivity contribution < 1.29 is 4.79 Å². The van der Waals surface area contributed by atoms with E-state index in [1.54, 1.807) is 0 Å². The van der Waals surface area contributed by atoms with Gasteiger partial charge in [0.2, 0.25) is 5.91 Å². The number of hydrogen-bond acceptors (Lipinski definition) is 1. The third kappa shape index (κ3) is 5.69. The summed E-state index contributed by atoms with van der Waals surface area (Å²) in [5.74, 6) is 0.211. The highest BCUT2D eigenvalue weighted by molar-refractivity contribution is 6.03. The molecule has 4 aromatic carbocycles. The highest BCUT2D eigenvalue weighted by Gasteiger charge is 2.30. The highest BCUT2D eigenvalue weighted by Crippen LogP contribution is 2.48. The van der Waals surface area contributed by atoms with Crippen molar-refractivity contribution >= 4 is 11.6 Å². The Labute approximate surface area is 253 Å². The number of carbonyl (C=O) groups excluding carboxylic acids is 1. The molecule has 1 aliphatic heterocycles. The second-order valence-corrected chi connectivity index (χ2v) is 15.0. The number of amides is 1. The fraction of sp³-hybridized carbons (Fsp3) is 0.375. The van der Waals surface area contributed by atoms with E-state index in [0.29, 0.717) is 6.42 Å². The Morgan fingerprint density at radius 1 is 0.500 bits per heavy atom. The van der Waals surface area contributed by atoms with Crippen LogP contribution in [0.2, 0.25) is 0 Å². The lowest BCUT2D eigenvalue weighted by atomic mass is 9.76. The molecule has 0 aromatic heterocycles. The number of anilines is 1. The van der Waals surface area contributed by atoms with Crippen LogP contribution in [0.3, 0.4) is 0 Å². The average Bonchev–Trinajstić information content (AvgIpc) is 3.36. The number of carbonyl (C=O) groups is 1. The maximum atomic E-state index is 13.4. The van der Waals surface area contributed by atoms with Crippen LogP contribution in [-0.4, -0.2) is 12.5 Å². The van der Waals surface area contributed by atoms with Crippen molar-refractivity contribution in [2.75, 3.05) is 11.4 Å². The fourth-order valence-corrected chi connectivity index (χ4v) is 6.49. The van der Waals surface area contributed by atoms with Gasteiger partial charge in [0.25, 0.3) is 0 Å². The van der Waals surface area contributed by atoms with Crippen molar-refractivity contribution in [1.82, 2.24) is 0 Å². The lowest BCUT2D eigenvalue weighted by Crippen LogP contribution is -2.25. The summed E-state index contributed by atoms with van der Waals surface area (Å²) in [7, 11) is 0. The summed E-state index contributed by atoms with van der Waals surface area (Å²) in [5, 5.41) is 0. The molecule has 1 heterocycles. The van der Waals surface area contributed by atoms with Gasteiger partial charge in [0.05, 0.1) is 5.69 Å². The van der Waals surface area contributed by atoms with E-state index < -0.39 is 0 Å². The third-order valence-corrected chi connectivity index (χ3v) is 8.58. The van der Waals surface area contributed by atoms with E-state index in [1.807, 2.05) is 4.90 Å². The summed E-state index contributed by atoms with van der Waals surface area (Å²) >= 11 is 0. The van der Waals surface area contributed by atoms with Crippen LogP contribution >= 0.6 is 0 Å². The van der Waals surface area contributed by atoms with Gasteiger partial charge in [-0.1, -0.05) is 135 Å². The molecule has 2 heteroatoms. The number of nitrogens with zero attached hydrogens (tertiary/aromatic N) is 1. The lowest BCUT2D eigenvalue weighted by molar-refractivity contribution is -0.117. The molecule has 0 aliphatic carbocycles. The topological polar surface area (TPSA) is 20.3 Å². The van der Waals surface area contributed by atoms with Gasteiger partial charge < -0.3 is 4.90 Å². The summed E-state index contributed by atoms with van der Waals surface area (Å²) in [5.41, 5.74) is 12.0. The Hall–Kier alpha value is -3.65. The molecule has 2 nitrogen and oxygen atoms in total. The second kappa shape index (κ2) is 10.9. The van der Waals surface area contributed by atoms with Gasteiger partial charge in [-0.3, -0.25) is 4.79 Å². The van der Waals surface area contributed by atoms with Gasteiger partial charge in [-0.05, 0) is 79.3 Å². The number of rotatable bonds is 4. The zero-order valence-electron chi connectivity index (χ0n) is 27.1. The van der Waals surface area contributed by atoms with E-state index in [1.165, 1.54) is 44.5 Å². The monoisotopic (exact) mass is 557 g/mol. The zero-order valence-corrected chi connectivity index (χ0v) is 27.1. The predicted octanol–water partition coefficient (Wildman–Crippen LogP) is 10.7. The van der Waals surface area contributed by atoms with Gasteiger partial charge in [0.15, 0.2) is 0 Å². The van der Waals surface area contributed by atoms with Crippen LogP contribution in [-0.2, 0) is 21.0 Å². The maximum absolute atomic E-state index is 13.4. The van der Waals surface area contributed by atoms with Crippen LogP contribution in [0.5, 0.6) is 0 Å². The summed E-state index contributed by atoms with van der Waals surface area (Å²) in [6.07, 6.45) is 1.49. The molecule has 1 fully saturated rings. The molecule has 218 valence electrons. The van der Waals surface area contributed by atoms with Crippen LogP contribution in [0.25, 0.3) is 33.4 Å². The van der Waals surface area contributed by atoms with Gasteiger partial charge in [0, 0.05) is 18.5 Å². The molecule has 1 saturated heterocycles. The zero-order chi connectivity index (χ0) is 30.4. The molecule has 0 unspecified atom stereocenters. The van der Waals surface area contributed by atoms with E-state index in [4.69, 9.17) is 0 Å². The summed E-state index contributed by atoms with van der Waals surface area (Å²) in [4.78, 5) is 15.4. The first-order chi connectivity index (χ1) is 19.7. The van der Waals surface area contributed by atoms with Crippen LogP contribution in [0.15, 0.2) is 84.9 Å². The molecule has 1 aliphatic rings. The lowest BCUT2D eigenvalue weighted by Gasteiger charge is -2.30. The Bertz CT molecular complexity index is 1620. The van der Waals surface area contributed by atoms with Gasteiger partial charge in [0.1, 0.15) is 0 Å². The summed E-state index contributed by atoms with van der Waals surface area (Å²) < 4.78 is 0. The molecular formula is C40H47NO. The molecule has 4 aromatic rings. The molecule has 0 N–H and O–H groups in total. The Kier molecular flexibility index (Phi) is 7.73. The molecule has 0 spiro atoms. The van der Waals surface area contributed by atoms with Gasteiger partial charge >= 0.3 is 0 Å². The smallest absolute Gasteiger partial charge is 0.227 e. The Balaban J connectivity index is 1.96. The minimum Gasteiger partial charge on any atom is -0.312 e. The molecule has 5 rings (SSSR count). The number of hydrogen-bond donors (Lipinski definition) is 0. The van der Waals surface area contributed by atoms with Crippen molar-refractivity contribution in [2.24, 2.45) is 0 Å². The Morgan fingerprint density at radius 3 is 1.26 bits per heavy atom. The predicted molar refractivity (Wildman–Crippen MR) is 180 cm³/mol. The molecular weight excluding hydrogens is 510 g/mol. The molecule has 0 atom stereocenters. The van der Waals surface area contributed by atoms with Crippen LogP contribution < -0.4 is 4.90 Å². The highest BCUT2D eigenvalue weighted by atomic mass is 16.2. The molecule has 0 radical (unpaired) electrons. The van der Waals surface area contributed by atoms with Crippen molar-refractivity contribution in [3.63, 3.8) is 0 Å². The van der Waals surface area contributed by atoms with Gasteiger partial charge in [-0.25, -0.2) is 0 Å². The normalized spacial score (nSPS) is 14.5. The van der Waals surface area contributed by atoms with E-state index in [0.717, 1.165) is 24.2 Å². The Morgan fingerprint density at radius 2 is 0.881 bits per heavy atom. The first-order valence-electron chi connectivity index (χ1n) is 15.5. The third-order valence-electron chi connectivity index (χ3n) is 8.58.